The Morgan fingerprint density at radius 1 is 1.11 bits per heavy atom. The highest BCUT2D eigenvalue weighted by Gasteiger charge is 2.09. The minimum atomic E-state index is -0.327. The molecule has 0 unspecified atom stereocenters. The van der Waals surface area contributed by atoms with Crippen LogP contribution in [0.15, 0.2) is 42.5 Å². The van der Waals surface area contributed by atoms with Gasteiger partial charge in [-0.1, -0.05) is 29.8 Å². The summed E-state index contributed by atoms with van der Waals surface area (Å²) >= 11 is 5.95. The van der Waals surface area contributed by atoms with E-state index in [9.17, 15) is 8.78 Å². The number of benzene rings is 2. The van der Waals surface area contributed by atoms with Gasteiger partial charge in [-0.25, -0.2) is 8.78 Å². The maximum Gasteiger partial charge on any atom is 0.129 e. The van der Waals surface area contributed by atoms with Crippen LogP contribution in [-0.4, -0.2) is 0 Å². The van der Waals surface area contributed by atoms with Gasteiger partial charge < -0.3 is 5.32 Å². The van der Waals surface area contributed by atoms with E-state index in [-0.39, 0.29) is 17.7 Å². The molecular formula is C15H14ClF2N. The van der Waals surface area contributed by atoms with E-state index < -0.39 is 0 Å². The summed E-state index contributed by atoms with van der Waals surface area (Å²) in [4.78, 5) is 0. The minimum absolute atomic E-state index is 0.0173. The van der Waals surface area contributed by atoms with Crippen molar-refractivity contribution in [2.24, 2.45) is 0 Å². The Morgan fingerprint density at radius 3 is 2.42 bits per heavy atom. The molecule has 2 rings (SSSR count). The second kappa shape index (κ2) is 6.13. The third-order valence-electron chi connectivity index (χ3n) is 3.02. The molecule has 100 valence electrons. The van der Waals surface area contributed by atoms with Crippen LogP contribution in [-0.2, 0) is 6.54 Å². The summed E-state index contributed by atoms with van der Waals surface area (Å²) in [6.07, 6.45) is 0. The molecule has 2 aromatic rings. The molecule has 0 fully saturated rings. The molecule has 0 bridgehead atoms. The number of rotatable bonds is 4. The molecule has 1 atom stereocenters. The lowest BCUT2D eigenvalue weighted by Crippen LogP contribution is -2.19. The van der Waals surface area contributed by atoms with Gasteiger partial charge in [0, 0.05) is 23.2 Å². The van der Waals surface area contributed by atoms with Gasteiger partial charge in [0.25, 0.3) is 0 Å². The van der Waals surface area contributed by atoms with Crippen LogP contribution in [0.1, 0.15) is 24.1 Å². The number of hydrogen-bond acceptors (Lipinski definition) is 1. The molecule has 0 heterocycles. The Hall–Kier alpha value is -1.45. The van der Waals surface area contributed by atoms with Crippen LogP contribution in [0, 0.1) is 11.6 Å². The molecule has 0 aliphatic rings. The normalized spacial score (nSPS) is 12.4. The lowest BCUT2D eigenvalue weighted by Gasteiger charge is -2.15. The molecule has 2 aromatic carbocycles. The van der Waals surface area contributed by atoms with Gasteiger partial charge in [0.05, 0.1) is 0 Å². The zero-order valence-corrected chi connectivity index (χ0v) is 11.2. The fourth-order valence-corrected chi connectivity index (χ4v) is 2.06. The van der Waals surface area contributed by atoms with Crippen molar-refractivity contribution in [3.8, 4) is 0 Å². The van der Waals surface area contributed by atoms with Gasteiger partial charge in [0.15, 0.2) is 0 Å². The van der Waals surface area contributed by atoms with Gasteiger partial charge >= 0.3 is 0 Å². The fourth-order valence-electron chi connectivity index (χ4n) is 1.83. The van der Waals surface area contributed by atoms with E-state index in [0.717, 1.165) is 5.56 Å². The highest BCUT2D eigenvalue weighted by Crippen LogP contribution is 2.20. The summed E-state index contributed by atoms with van der Waals surface area (Å²) in [5.74, 6) is -0.598. The Kier molecular flexibility index (Phi) is 4.51. The van der Waals surface area contributed by atoms with E-state index in [2.05, 4.69) is 5.32 Å². The largest absolute Gasteiger partial charge is 0.306 e. The first-order valence-electron chi connectivity index (χ1n) is 5.99. The summed E-state index contributed by atoms with van der Waals surface area (Å²) < 4.78 is 26.4. The minimum Gasteiger partial charge on any atom is -0.306 e. The van der Waals surface area contributed by atoms with Crippen LogP contribution in [0.2, 0.25) is 5.02 Å². The third-order valence-corrected chi connectivity index (χ3v) is 3.37. The quantitative estimate of drug-likeness (QED) is 0.872. The molecule has 0 aliphatic heterocycles. The predicted molar refractivity (Wildman–Crippen MR) is 73.1 cm³/mol. The summed E-state index contributed by atoms with van der Waals surface area (Å²) in [6.45, 7) is 2.26. The maximum absolute atomic E-state index is 13.6. The van der Waals surface area contributed by atoms with Gasteiger partial charge in [-0.15, -0.1) is 0 Å². The summed E-state index contributed by atoms with van der Waals surface area (Å²) in [7, 11) is 0. The molecule has 0 saturated heterocycles. The Labute approximate surface area is 116 Å². The van der Waals surface area contributed by atoms with E-state index in [1.54, 1.807) is 24.3 Å². The van der Waals surface area contributed by atoms with Crippen molar-refractivity contribution in [1.29, 1.82) is 0 Å². The van der Waals surface area contributed by atoms with Gasteiger partial charge in [-0.3, -0.25) is 0 Å². The summed E-state index contributed by atoms with van der Waals surface area (Å²) in [5, 5.41) is 3.57. The van der Waals surface area contributed by atoms with Crippen molar-refractivity contribution in [3.05, 3.63) is 70.2 Å². The molecule has 4 heteroatoms. The number of nitrogens with one attached hydrogen (secondary N) is 1. The first-order chi connectivity index (χ1) is 9.08. The van der Waals surface area contributed by atoms with Crippen LogP contribution in [0.3, 0.4) is 0 Å². The smallest absolute Gasteiger partial charge is 0.129 e. The van der Waals surface area contributed by atoms with Crippen molar-refractivity contribution >= 4 is 11.6 Å². The molecule has 0 aromatic heterocycles. The lowest BCUT2D eigenvalue weighted by atomic mass is 10.1. The molecule has 0 spiro atoms. The van der Waals surface area contributed by atoms with Crippen molar-refractivity contribution in [1.82, 2.24) is 5.32 Å². The van der Waals surface area contributed by atoms with Crippen LogP contribution in [0.4, 0.5) is 8.78 Å². The molecule has 1 N–H and O–H groups in total. The highest BCUT2D eigenvalue weighted by atomic mass is 35.5. The number of hydrogen-bond donors (Lipinski definition) is 1. The number of halogens is 3. The van der Waals surface area contributed by atoms with E-state index in [4.69, 9.17) is 11.6 Å². The molecule has 0 saturated carbocycles. The Morgan fingerprint density at radius 2 is 1.79 bits per heavy atom. The molecule has 19 heavy (non-hydrogen) atoms. The predicted octanol–water partition coefficient (Wildman–Crippen LogP) is 4.47. The van der Waals surface area contributed by atoms with Crippen molar-refractivity contribution < 1.29 is 8.78 Å². The zero-order valence-electron chi connectivity index (χ0n) is 10.5. The topological polar surface area (TPSA) is 12.0 Å². The molecular weight excluding hydrogens is 268 g/mol. The van der Waals surface area contributed by atoms with Gasteiger partial charge in [0.2, 0.25) is 0 Å². The van der Waals surface area contributed by atoms with E-state index >= 15 is 0 Å². The average molecular weight is 282 g/mol. The first-order valence-corrected chi connectivity index (χ1v) is 6.37. The third kappa shape index (κ3) is 3.52. The van der Waals surface area contributed by atoms with Gasteiger partial charge in [-0.05, 0) is 36.8 Å². The second-order valence-electron chi connectivity index (χ2n) is 4.35. The highest BCUT2D eigenvalue weighted by molar-refractivity contribution is 6.31. The van der Waals surface area contributed by atoms with E-state index in [0.29, 0.717) is 17.1 Å². The molecule has 1 nitrogen and oxygen atoms in total. The second-order valence-corrected chi connectivity index (χ2v) is 4.76. The zero-order chi connectivity index (χ0) is 13.8. The summed E-state index contributed by atoms with van der Waals surface area (Å²) in [6, 6.07) is 10.8. The monoisotopic (exact) mass is 281 g/mol. The fraction of sp³-hybridized carbons (Fsp3) is 0.200. The van der Waals surface area contributed by atoms with Crippen molar-refractivity contribution in [2.45, 2.75) is 19.5 Å². The van der Waals surface area contributed by atoms with Crippen LogP contribution in [0.5, 0.6) is 0 Å². The van der Waals surface area contributed by atoms with Crippen molar-refractivity contribution in [3.63, 3.8) is 0 Å². The molecule has 0 aliphatic carbocycles. The SMILES string of the molecule is C[C@@H](NCc1c(F)cccc1Cl)c1ccc(F)cc1. The van der Waals surface area contributed by atoms with Gasteiger partial charge in [0.1, 0.15) is 11.6 Å². The standard InChI is InChI=1S/C15H14ClF2N/c1-10(11-5-7-12(17)8-6-11)19-9-13-14(16)3-2-4-15(13)18/h2-8,10,19H,9H2,1H3/t10-/m1/s1. The maximum atomic E-state index is 13.6. The Bertz CT molecular complexity index is 534. The molecule has 0 amide bonds. The lowest BCUT2D eigenvalue weighted by molar-refractivity contribution is 0.543. The Balaban J connectivity index is 2.04. The summed E-state index contributed by atoms with van der Waals surface area (Å²) in [5.41, 5.74) is 1.38. The van der Waals surface area contributed by atoms with Crippen LogP contribution in [0.25, 0.3) is 0 Å². The van der Waals surface area contributed by atoms with Crippen LogP contribution >= 0.6 is 11.6 Å². The van der Waals surface area contributed by atoms with E-state index in [1.165, 1.54) is 18.2 Å². The van der Waals surface area contributed by atoms with Crippen molar-refractivity contribution in [2.75, 3.05) is 0 Å². The van der Waals surface area contributed by atoms with Gasteiger partial charge in [-0.2, -0.15) is 0 Å². The first kappa shape index (κ1) is 14.0. The average Bonchev–Trinajstić information content (AvgIpc) is 2.38. The molecule has 0 radical (unpaired) electrons. The van der Waals surface area contributed by atoms with Crippen LogP contribution < -0.4 is 5.32 Å². The van der Waals surface area contributed by atoms with E-state index in [1.807, 2.05) is 6.92 Å².